The first-order valence-electron chi connectivity index (χ1n) is 6.89. The Morgan fingerprint density at radius 3 is 2.76 bits per heavy atom. The van der Waals surface area contributed by atoms with Gasteiger partial charge >= 0.3 is 0 Å². The predicted octanol–water partition coefficient (Wildman–Crippen LogP) is 1.94. The second-order valence-electron chi connectivity index (χ2n) is 4.51. The largest absolute Gasteiger partial charge is 0.424 e. The van der Waals surface area contributed by atoms with Gasteiger partial charge in [0.15, 0.2) is 5.13 Å². The molecule has 0 saturated heterocycles. The zero-order valence-electron chi connectivity index (χ0n) is 12.4. The fourth-order valence-corrected chi connectivity index (χ4v) is 2.38. The number of anilines is 1. The summed E-state index contributed by atoms with van der Waals surface area (Å²) in [7, 11) is 0. The summed E-state index contributed by atoms with van der Waals surface area (Å²) >= 11 is 1.40. The number of nitrogens with zero attached hydrogens (tertiary/aromatic N) is 4. The fourth-order valence-electron chi connectivity index (χ4n) is 1.85. The molecule has 2 rings (SSSR count). The van der Waals surface area contributed by atoms with E-state index in [1.54, 1.807) is 6.20 Å². The molecule has 0 aliphatic carbocycles. The highest BCUT2D eigenvalue weighted by Crippen LogP contribution is 2.13. The van der Waals surface area contributed by atoms with Gasteiger partial charge in [0, 0.05) is 18.0 Å². The summed E-state index contributed by atoms with van der Waals surface area (Å²) in [4.78, 5) is 18.2. The summed E-state index contributed by atoms with van der Waals surface area (Å²) in [5.41, 5.74) is 0. The first-order valence-corrected chi connectivity index (χ1v) is 7.77. The maximum Gasteiger partial charge on any atom is 0.243 e. The summed E-state index contributed by atoms with van der Waals surface area (Å²) in [6.07, 6.45) is 2.37. The third kappa shape index (κ3) is 4.08. The first kappa shape index (κ1) is 15.6. The molecule has 0 aliphatic heterocycles. The lowest BCUT2D eigenvalue weighted by Crippen LogP contribution is -2.41. The molecule has 0 radical (unpaired) electrons. The van der Waals surface area contributed by atoms with Crippen LogP contribution in [0, 0.1) is 0 Å². The Labute approximate surface area is 127 Å². The molecule has 2 aromatic heterocycles. The maximum atomic E-state index is 12.2. The van der Waals surface area contributed by atoms with Gasteiger partial charge in [0.2, 0.25) is 17.7 Å². The van der Waals surface area contributed by atoms with Gasteiger partial charge < -0.3 is 9.73 Å². The highest BCUT2D eigenvalue weighted by Gasteiger charge is 2.22. The van der Waals surface area contributed by atoms with E-state index >= 15 is 0 Å². The number of likely N-dealkylation sites (N-methyl/N-ethyl adjacent to an activating group) is 1. The number of thiazole rings is 1. The Morgan fingerprint density at radius 1 is 1.43 bits per heavy atom. The van der Waals surface area contributed by atoms with Gasteiger partial charge in [-0.1, -0.05) is 13.8 Å². The van der Waals surface area contributed by atoms with Crippen LogP contribution in [0.3, 0.4) is 0 Å². The average molecular weight is 309 g/mol. The second kappa shape index (κ2) is 7.28. The summed E-state index contributed by atoms with van der Waals surface area (Å²) < 4.78 is 5.50. The molecule has 114 valence electrons. The number of nitrogens with one attached hydrogen (secondary N) is 1. The van der Waals surface area contributed by atoms with Gasteiger partial charge in [0.25, 0.3) is 0 Å². The van der Waals surface area contributed by atoms with Crippen molar-refractivity contribution in [3.8, 4) is 0 Å². The van der Waals surface area contributed by atoms with Crippen molar-refractivity contribution in [3.05, 3.63) is 23.4 Å². The first-order chi connectivity index (χ1) is 10.1. The van der Waals surface area contributed by atoms with E-state index in [1.165, 1.54) is 11.3 Å². The molecule has 0 unspecified atom stereocenters. The highest BCUT2D eigenvalue weighted by molar-refractivity contribution is 7.13. The Balaban J connectivity index is 1.97. The maximum absolute atomic E-state index is 12.2. The number of carbonyl (C=O) groups excluding carboxylic acids is 1. The molecule has 2 aromatic rings. The van der Waals surface area contributed by atoms with E-state index in [9.17, 15) is 4.79 Å². The van der Waals surface area contributed by atoms with Gasteiger partial charge in [0.05, 0.1) is 12.6 Å². The quantitative estimate of drug-likeness (QED) is 0.841. The molecule has 0 aromatic carbocycles. The molecule has 0 spiro atoms. The number of aryl methyl sites for hydroxylation is 1. The third-order valence-corrected chi connectivity index (χ3v) is 3.83. The molecule has 7 nitrogen and oxygen atoms in total. The Morgan fingerprint density at radius 2 is 2.19 bits per heavy atom. The zero-order chi connectivity index (χ0) is 15.2. The summed E-state index contributed by atoms with van der Waals surface area (Å²) in [6, 6.07) is -0.309. The van der Waals surface area contributed by atoms with Gasteiger partial charge in [-0.05, 0) is 13.5 Å². The van der Waals surface area contributed by atoms with Crippen molar-refractivity contribution in [2.24, 2.45) is 0 Å². The normalized spacial score (nSPS) is 12.6. The molecule has 8 heteroatoms. The van der Waals surface area contributed by atoms with Gasteiger partial charge in [-0.3, -0.25) is 9.69 Å². The van der Waals surface area contributed by atoms with Crippen molar-refractivity contribution in [2.45, 2.75) is 39.8 Å². The summed E-state index contributed by atoms with van der Waals surface area (Å²) in [5.74, 6) is 1.05. The van der Waals surface area contributed by atoms with Crippen LogP contribution in [0.15, 0.2) is 16.0 Å². The van der Waals surface area contributed by atoms with Crippen LogP contribution >= 0.6 is 11.3 Å². The minimum absolute atomic E-state index is 0.0953. The van der Waals surface area contributed by atoms with Crippen molar-refractivity contribution in [1.82, 2.24) is 20.1 Å². The van der Waals surface area contributed by atoms with Gasteiger partial charge in [-0.15, -0.1) is 21.5 Å². The van der Waals surface area contributed by atoms with Gasteiger partial charge in [-0.2, -0.15) is 0 Å². The molecule has 1 atom stereocenters. The van der Waals surface area contributed by atoms with E-state index in [0.717, 1.165) is 0 Å². The topological polar surface area (TPSA) is 84.2 Å². The van der Waals surface area contributed by atoms with E-state index in [4.69, 9.17) is 4.42 Å². The van der Waals surface area contributed by atoms with E-state index < -0.39 is 0 Å². The van der Waals surface area contributed by atoms with Crippen molar-refractivity contribution < 1.29 is 9.21 Å². The van der Waals surface area contributed by atoms with Gasteiger partial charge in [0.1, 0.15) is 0 Å². The van der Waals surface area contributed by atoms with E-state index in [1.807, 2.05) is 31.1 Å². The highest BCUT2D eigenvalue weighted by atomic mass is 32.1. The Hall–Kier alpha value is -1.80. The molecule has 0 saturated carbocycles. The molecule has 0 fully saturated rings. The molecule has 0 aliphatic rings. The van der Waals surface area contributed by atoms with Crippen LogP contribution in [0.2, 0.25) is 0 Å². The Kier molecular flexibility index (Phi) is 5.40. The number of carbonyl (C=O) groups is 1. The van der Waals surface area contributed by atoms with Crippen molar-refractivity contribution in [2.75, 3.05) is 11.9 Å². The SMILES string of the molecule is CCc1nnc(CN(CC)[C@H](C)C(=O)Nc2nccs2)o1. The minimum atomic E-state index is -0.309. The van der Waals surface area contributed by atoms with Crippen LogP contribution in [0.1, 0.15) is 32.6 Å². The molecule has 2 heterocycles. The van der Waals surface area contributed by atoms with Crippen LogP contribution in [-0.2, 0) is 17.8 Å². The average Bonchev–Trinajstić information content (AvgIpc) is 3.15. The zero-order valence-corrected chi connectivity index (χ0v) is 13.2. The van der Waals surface area contributed by atoms with Crippen molar-refractivity contribution >= 4 is 22.4 Å². The van der Waals surface area contributed by atoms with Crippen LogP contribution in [0.4, 0.5) is 5.13 Å². The molecule has 1 amide bonds. The summed E-state index contributed by atoms with van der Waals surface area (Å²) in [5, 5.41) is 13.2. The molecule has 1 N–H and O–H groups in total. The lowest BCUT2D eigenvalue weighted by Gasteiger charge is -2.24. The van der Waals surface area contributed by atoms with Crippen molar-refractivity contribution in [1.29, 1.82) is 0 Å². The number of aromatic nitrogens is 3. The second-order valence-corrected chi connectivity index (χ2v) is 5.40. The standard InChI is InChI=1S/C13H19N5O2S/c1-4-10-16-17-11(20-10)8-18(5-2)9(3)12(19)15-13-14-6-7-21-13/h6-7,9H,4-5,8H2,1-3H3,(H,14,15,19)/t9-/m1/s1. The van der Waals surface area contributed by atoms with Crippen molar-refractivity contribution in [3.63, 3.8) is 0 Å². The monoisotopic (exact) mass is 309 g/mol. The number of hydrogen-bond donors (Lipinski definition) is 1. The fraction of sp³-hybridized carbons (Fsp3) is 0.538. The molecular weight excluding hydrogens is 290 g/mol. The molecular formula is C13H19N5O2S. The van der Waals surface area contributed by atoms with Crippen LogP contribution < -0.4 is 5.32 Å². The van der Waals surface area contributed by atoms with E-state index in [-0.39, 0.29) is 11.9 Å². The Bertz CT molecular complexity index is 569. The smallest absolute Gasteiger partial charge is 0.243 e. The predicted molar refractivity (Wildman–Crippen MR) is 80.0 cm³/mol. The lowest BCUT2D eigenvalue weighted by molar-refractivity contribution is -0.121. The summed E-state index contributed by atoms with van der Waals surface area (Å²) in [6.45, 7) is 6.96. The number of rotatable bonds is 7. The van der Waals surface area contributed by atoms with Crippen LogP contribution in [-0.4, -0.2) is 38.6 Å². The number of hydrogen-bond acceptors (Lipinski definition) is 7. The molecule has 21 heavy (non-hydrogen) atoms. The van der Waals surface area contributed by atoms with E-state index in [0.29, 0.717) is 36.4 Å². The number of amides is 1. The lowest BCUT2D eigenvalue weighted by atomic mass is 10.2. The van der Waals surface area contributed by atoms with Crippen LogP contribution in [0.5, 0.6) is 0 Å². The molecule has 0 bridgehead atoms. The van der Waals surface area contributed by atoms with Crippen LogP contribution in [0.25, 0.3) is 0 Å². The van der Waals surface area contributed by atoms with E-state index in [2.05, 4.69) is 20.5 Å². The minimum Gasteiger partial charge on any atom is -0.424 e. The van der Waals surface area contributed by atoms with Gasteiger partial charge in [-0.25, -0.2) is 4.98 Å². The third-order valence-electron chi connectivity index (χ3n) is 3.15.